The average molecular weight is 586 g/mol. The normalized spacial score (nSPS) is 17.3. The van der Waals surface area contributed by atoms with E-state index in [2.05, 4.69) is 0 Å². The highest BCUT2D eigenvalue weighted by molar-refractivity contribution is 7.22. The van der Waals surface area contributed by atoms with Gasteiger partial charge in [-0.15, -0.1) is 0 Å². The molecule has 210 valence electrons. The van der Waals surface area contributed by atoms with Crippen molar-refractivity contribution in [2.75, 3.05) is 16.9 Å². The highest BCUT2D eigenvalue weighted by atomic mass is 32.1. The summed E-state index contributed by atoms with van der Waals surface area (Å²) in [5, 5.41) is 0.579. The largest absolute Gasteiger partial charge is 0.497 e. The molecule has 1 unspecified atom stereocenters. The number of ether oxygens (including phenoxy) is 1. The molecule has 6 aromatic rings. The lowest BCUT2D eigenvalue weighted by atomic mass is 9.84. The van der Waals surface area contributed by atoms with E-state index in [9.17, 15) is 9.59 Å². The molecular formula is C34H23N3O5S. The van der Waals surface area contributed by atoms with Gasteiger partial charge in [0.25, 0.3) is 11.8 Å². The third-order valence-corrected chi connectivity index (χ3v) is 9.27. The van der Waals surface area contributed by atoms with Crippen molar-refractivity contribution >= 4 is 55.2 Å². The number of fused-ring (bicyclic) bond motifs is 6. The minimum Gasteiger partial charge on any atom is -0.497 e. The molecule has 8 nitrogen and oxygen atoms in total. The van der Waals surface area contributed by atoms with Crippen LogP contribution in [0.5, 0.6) is 5.75 Å². The number of carbonyl (C=O) groups excluding carboxylic acids is 2. The van der Waals surface area contributed by atoms with Crippen molar-refractivity contribution in [1.29, 1.82) is 0 Å². The van der Waals surface area contributed by atoms with Crippen LogP contribution in [0.4, 0.5) is 10.8 Å². The minimum atomic E-state index is -1.81. The third-order valence-electron chi connectivity index (χ3n) is 8.27. The van der Waals surface area contributed by atoms with Gasteiger partial charge in [0.15, 0.2) is 16.1 Å². The monoisotopic (exact) mass is 585 g/mol. The van der Waals surface area contributed by atoms with Crippen molar-refractivity contribution in [2.24, 2.45) is 0 Å². The predicted octanol–water partition coefficient (Wildman–Crippen LogP) is 6.17. The number of aryl methyl sites for hydroxylation is 1. The molecule has 0 saturated heterocycles. The Bertz CT molecular complexity index is 2200. The SMILES string of the molecule is COc1ccc2nc(N3C(=O)c4oc5ccccc5c(=O)c4C34C(=O)N(Cc3ccc(C)cc3)c3ccccc34)sc2c1. The van der Waals surface area contributed by atoms with Gasteiger partial charge in [0.05, 0.1) is 40.5 Å². The molecule has 9 heteroatoms. The lowest BCUT2D eigenvalue weighted by Crippen LogP contribution is -2.53. The van der Waals surface area contributed by atoms with Gasteiger partial charge in [-0.3, -0.25) is 19.3 Å². The number of anilines is 2. The molecule has 0 aliphatic carbocycles. The van der Waals surface area contributed by atoms with Crippen molar-refractivity contribution in [3.63, 3.8) is 0 Å². The molecule has 2 amide bonds. The van der Waals surface area contributed by atoms with Crippen molar-refractivity contribution in [3.05, 3.63) is 129 Å². The van der Waals surface area contributed by atoms with E-state index in [1.165, 1.54) is 16.2 Å². The molecule has 2 aliphatic rings. The zero-order valence-electron chi connectivity index (χ0n) is 23.2. The molecule has 4 aromatic carbocycles. The van der Waals surface area contributed by atoms with E-state index in [0.29, 0.717) is 27.9 Å². The van der Waals surface area contributed by atoms with Gasteiger partial charge in [-0.05, 0) is 48.9 Å². The van der Waals surface area contributed by atoms with Gasteiger partial charge in [-0.1, -0.05) is 71.5 Å². The first-order valence-electron chi connectivity index (χ1n) is 13.7. The number of carbonyl (C=O) groups is 2. The lowest BCUT2D eigenvalue weighted by molar-refractivity contribution is -0.121. The molecule has 1 atom stereocenters. The first kappa shape index (κ1) is 25.4. The fourth-order valence-corrected chi connectivity index (χ4v) is 7.30. The fourth-order valence-electron chi connectivity index (χ4n) is 6.26. The second-order valence-electron chi connectivity index (χ2n) is 10.7. The van der Waals surface area contributed by atoms with Crippen LogP contribution in [0.1, 0.15) is 32.8 Å². The van der Waals surface area contributed by atoms with Crippen LogP contribution in [-0.4, -0.2) is 23.9 Å². The molecular weight excluding hydrogens is 562 g/mol. The quantitative estimate of drug-likeness (QED) is 0.246. The molecule has 4 heterocycles. The summed E-state index contributed by atoms with van der Waals surface area (Å²) in [6.07, 6.45) is 0. The maximum atomic E-state index is 15.1. The summed E-state index contributed by atoms with van der Waals surface area (Å²) in [4.78, 5) is 51.7. The van der Waals surface area contributed by atoms with Gasteiger partial charge in [-0.25, -0.2) is 4.98 Å². The maximum absolute atomic E-state index is 15.1. The maximum Gasteiger partial charge on any atom is 0.297 e. The molecule has 0 N–H and O–H groups in total. The van der Waals surface area contributed by atoms with Crippen LogP contribution in [0.3, 0.4) is 0 Å². The zero-order chi connectivity index (χ0) is 29.5. The number of thiazole rings is 1. The Morgan fingerprint density at radius 1 is 0.930 bits per heavy atom. The number of rotatable bonds is 4. The summed E-state index contributed by atoms with van der Waals surface area (Å²) in [6, 6.07) is 27.5. The summed E-state index contributed by atoms with van der Waals surface area (Å²) in [5.74, 6) is -0.519. The highest BCUT2D eigenvalue weighted by Crippen LogP contribution is 2.55. The van der Waals surface area contributed by atoms with Crippen molar-refractivity contribution in [3.8, 4) is 5.75 Å². The van der Waals surface area contributed by atoms with Gasteiger partial charge >= 0.3 is 0 Å². The van der Waals surface area contributed by atoms with E-state index in [0.717, 1.165) is 15.8 Å². The van der Waals surface area contributed by atoms with E-state index >= 15 is 4.79 Å². The van der Waals surface area contributed by atoms with Gasteiger partial charge in [0.2, 0.25) is 5.76 Å². The first-order chi connectivity index (χ1) is 20.9. The minimum absolute atomic E-state index is 0.0110. The zero-order valence-corrected chi connectivity index (χ0v) is 24.0. The van der Waals surface area contributed by atoms with E-state index in [4.69, 9.17) is 14.1 Å². The number of hydrogen-bond donors (Lipinski definition) is 0. The predicted molar refractivity (Wildman–Crippen MR) is 165 cm³/mol. The van der Waals surface area contributed by atoms with Crippen LogP contribution in [0.2, 0.25) is 0 Å². The van der Waals surface area contributed by atoms with E-state index in [1.807, 2.05) is 61.5 Å². The number of nitrogens with zero attached hydrogens (tertiary/aromatic N) is 3. The Morgan fingerprint density at radius 2 is 1.70 bits per heavy atom. The van der Waals surface area contributed by atoms with Crippen molar-refractivity contribution < 1.29 is 18.7 Å². The topological polar surface area (TPSA) is 93.0 Å². The van der Waals surface area contributed by atoms with Crippen LogP contribution >= 0.6 is 11.3 Å². The van der Waals surface area contributed by atoms with E-state index < -0.39 is 22.8 Å². The van der Waals surface area contributed by atoms with Crippen LogP contribution in [0.15, 0.2) is 100 Å². The highest BCUT2D eigenvalue weighted by Gasteiger charge is 2.66. The van der Waals surface area contributed by atoms with Crippen molar-refractivity contribution in [2.45, 2.75) is 19.0 Å². The van der Waals surface area contributed by atoms with Crippen LogP contribution in [0, 0.1) is 6.92 Å². The molecule has 2 aromatic heterocycles. The lowest BCUT2D eigenvalue weighted by Gasteiger charge is -2.32. The second kappa shape index (κ2) is 9.11. The Hall–Kier alpha value is -5.28. The number of methoxy groups -OCH3 is 1. The second-order valence-corrected chi connectivity index (χ2v) is 11.7. The Balaban J connectivity index is 1.43. The fraction of sp³-hybridized carbons (Fsp3) is 0.118. The summed E-state index contributed by atoms with van der Waals surface area (Å²) >= 11 is 1.25. The number of para-hydroxylation sites is 2. The standard InChI is InChI=1S/C34H23N3O5S/c1-19-11-13-20(14-12-19)18-36-25-9-5-4-8-23(25)34(32(36)40)28-29(38)22-7-3-6-10-26(22)42-30(28)31(39)37(34)33-35-24-16-15-21(41-2)17-27(24)43-33/h3-17H,18H2,1-2H3. The Morgan fingerprint density at radius 3 is 2.51 bits per heavy atom. The number of aromatic nitrogens is 1. The van der Waals surface area contributed by atoms with Gasteiger partial charge < -0.3 is 14.1 Å². The summed E-state index contributed by atoms with van der Waals surface area (Å²) in [7, 11) is 1.58. The average Bonchev–Trinajstić information content (AvgIpc) is 3.64. The van der Waals surface area contributed by atoms with Crippen LogP contribution in [-0.2, 0) is 16.9 Å². The molecule has 8 rings (SSSR count). The van der Waals surface area contributed by atoms with Gasteiger partial charge in [0, 0.05) is 5.56 Å². The molecule has 0 bridgehead atoms. The van der Waals surface area contributed by atoms with E-state index in [1.54, 1.807) is 48.4 Å². The summed E-state index contributed by atoms with van der Waals surface area (Å²) in [6.45, 7) is 2.26. The first-order valence-corrected chi connectivity index (χ1v) is 14.6. The molecule has 1 spiro atoms. The Kier molecular flexibility index (Phi) is 5.39. The summed E-state index contributed by atoms with van der Waals surface area (Å²) < 4.78 is 12.3. The molecule has 0 radical (unpaired) electrons. The van der Waals surface area contributed by atoms with E-state index in [-0.39, 0.29) is 28.6 Å². The smallest absolute Gasteiger partial charge is 0.297 e. The number of hydrogen-bond acceptors (Lipinski definition) is 7. The van der Waals surface area contributed by atoms with Gasteiger partial charge in [-0.2, -0.15) is 0 Å². The molecule has 0 saturated carbocycles. The molecule has 2 aliphatic heterocycles. The van der Waals surface area contributed by atoms with Crippen LogP contribution < -0.4 is 20.0 Å². The van der Waals surface area contributed by atoms with Crippen LogP contribution in [0.25, 0.3) is 21.2 Å². The molecule has 43 heavy (non-hydrogen) atoms. The molecule has 0 fully saturated rings. The number of benzene rings is 4. The Labute approximate surface area is 249 Å². The van der Waals surface area contributed by atoms with Crippen molar-refractivity contribution in [1.82, 2.24) is 4.98 Å². The summed E-state index contributed by atoms with van der Waals surface area (Å²) in [5.41, 5.74) is 1.86. The van der Waals surface area contributed by atoms with Gasteiger partial charge in [0.1, 0.15) is 11.3 Å². The number of amides is 2. The third kappa shape index (κ3) is 3.42.